The first-order valence-corrected chi connectivity index (χ1v) is 17.8. The second-order valence-electron chi connectivity index (χ2n) is 15.3. The van der Waals surface area contributed by atoms with Gasteiger partial charge in [-0.15, -0.1) is 0 Å². The minimum atomic E-state index is -0.700. The Morgan fingerprint density at radius 3 is 2.80 bits per heavy atom. The summed E-state index contributed by atoms with van der Waals surface area (Å²) in [7, 11) is 0. The molecule has 4 aliphatic heterocycles. The minimum absolute atomic E-state index is 0.0299. The van der Waals surface area contributed by atoms with Gasteiger partial charge in [0.2, 0.25) is 5.88 Å². The Labute approximate surface area is 282 Å². The number of hydrogen-bond donors (Lipinski definition) is 3. The third-order valence-electron chi connectivity index (χ3n) is 12.3. The van der Waals surface area contributed by atoms with Gasteiger partial charge in [0.15, 0.2) is 5.82 Å². The number of pyridine rings is 1. The van der Waals surface area contributed by atoms with Crippen LogP contribution in [0.3, 0.4) is 0 Å². The Balaban J connectivity index is 1.09. The fraction of sp³-hybridized carbons (Fsp3) is 0.541. The number of anilines is 1. The normalized spacial score (nSPS) is 29.1. The number of benzene rings is 2. The zero-order valence-electron chi connectivity index (χ0n) is 27.5. The number of piperazine rings is 1. The summed E-state index contributed by atoms with van der Waals surface area (Å²) in [6, 6.07) is 6.71. The molecule has 6 aliphatic rings. The van der Waals surface area contributed by atoms with Gasteiger partial charge in [-0.25, -0.2) is 13.8 Å². The van der Waals surface area contributed by atoms with E-state index < -0.39 is 11.6 Å². The molecule has 6 atom stereocenters. The first-order chi connectivity index (χ1) is 23.8. The molecule has 0 radical (unpaired) electrons. The van der Waals surface area contributed by atoms with Gasteiger partial charge in [0.25, 0.3) is 0 Å². The maximum absolute atomic E-state index is 17.2. The zero-order valence-corrected chi connectivity index (χ0v) is 27.5. The van der Waals surface area contributed by atoms with Crippen LogP contribution in [-0.2, 0) is 6.42 Å². The number of aliphatic hydroxyl groups is 1. The van der Waals surface area contributed by atoms with Crippen LogP contribution in [0.5, 0.6) is 17.6 Å². The van der Waals surface area contributed by atoms with Gasteiger partial charge in [0, 0.05) is 48.7 Å². The number of aromatic nitrogens is 3. The Morgan fingerprint density at radius 2 is 1.98 bits per heavy atom. The number of aliphatic hydroxyl groups excluding tert-OH is 1. The van der Waals surface area contributed by atoms with Crippen LogP contribution in [0.1, 0.15) is 44.6 Å². The highest BCUT2D eigenvalue weighted by Gasteiger charge is 2.55. The van der Waals surface area contributed by atoms with Crippen molar-refractivity contribution in [1.82, 2.24) is 25.2 Å². The number of aryl methyl sites for hydroxylation is 1. The molecule has 2 aromatic carbocycles. The highest BCUT2D eigenvalue weighted by Crippen LogP contribution is 2.54. The lowest BCUT2D eigenvalue weighted by atomic mass is 9.94. The van der Waals surface area contributed by atoms with Gasteiger partial charge in [-0.2, -0.15) is 9.97 Å². The number of fused-ring (bicyclic) bond motifs is 7. The molecule has 0 amide bonds. The second kappa shape index (κ2) is 10.8. The van der Waals surface area contributed by atoms with Gasteiger partial charge in [-0.05, 0) is 84.9 Å². The fourth-order valence-electron chi connectivity index (χ4n) is 9.46. The zero-order chi connectivity index (χ0) is 33.2. The molecule has 4 aromatic rings. The predicted molar refractivity (Wildman–Crippen MR) is 179 cm³/mol. The highest BCUT2D eigenvalue weighted by atomic mass is 19.1. The number of nitrogens with one attached hydrogen (secondary N) is 1. The number of likely N-dealkylation sites (tertiary alicyclic amines) is 1. The molecule has 12 heteroatoms. The Hall–Kier alpha value is -3.87. The molecule has 0 spiro atoms. The Morgan fingerprint density at radius 1 is 1.10 bits per heavy atom. The van der Waals surface area contributed by atoms with Crippen LogP contribution in [0.15, 0.2) is 24.3 Å². The van der Waals surface area contributed by atoms with Crippen LogP contribution in [0.4, 0.5) is 14.6 Å². The number of phenolic OH excluding ortho intramolecular Hbond substituents is 1. The average Bonchev–Trinajstić information content (AvgIpc) is 3.99. The number of nitrogens with zero attached hydrogens (tertiary/aromatic N) is 5. The molecular weight excluding hydrogens is 630 g/mol. The van der Waals surface area contributed by atoms with Crippen molar-refractivity contribution in [2.75, 3.05) is 44.4 Å². The Kier molecular flexibility index (Phi) is 6.62. The summed E-state index contributed by atoms with van der Waals surface area (Å²) < 4.78 is 45.1. The van der Waals surface area contributed by atoms with Crippen LogP contribution in [0, 0.1) is 28.9 Å². The van der Waals surface area contributed by atoms with Crippen molar-refractivity contribution < 1.29 is 28.5 Å². The van der Waals surface area contributed by atoms with Gasteiger partial charge >= 0.3 is 6.01 Å². The van der Waals surface area contributed by atoms with Crippen molar-refractivity contribution in [3.63, 3.8) is 0 Å². The molecule has 3 N–H and O–H groups in total. The molecule has 6 heterocycles. The molecule has 5 fully saturated rings. The molecule has 2 aromatic heterocycles. The number of hydrogen-bond acceptors (Lipinski definition) is 10. The molecule has 0 unspecified atom stereocenters. The quantitative estimate of drug-likeness (QED) is 0.246. The molecule has 2 aliphatic carbocycles. The van der Waals surface area contributed by atoms with Crippen LogP contribution in [-0.4, -0.2) is 93.7 Å². The van der Waals surface area contributed by atoms with Crippen molar-refractivity contribution in [2.45, 2.75) is 69.6 Å². The van der Waals surface area contributed by atoms with E-state index in [4.69, 9.17) is 24.4 Å². The van der Waals surface area contributed by atoms with Crippen molar-refractivity contribution >= 4 is 27.5 Å². The monoisotopic (exact) mass is 670 g/mol. The van der Waals surface area contributed by atoms with E-state index in [-0.39, 0.29) is 70.6 Å². The number of ether oxygens (including phenoxy) is 2. The lowest BCUT2D eigenvalue weighted by Crippen LogP contribution is -2.60. The first kappa shape index (κ1) is 30.0. The van der Waals surface area contributed by atoms with E-state index in [2.05, 4.69) is 15.1 Å². The van der Waals surface area contributed by atoms with Gasteiger partial charge in [-0.3, -0.25) is 4.90 Å². The summed E-state index contributed by atoms with van der Waals surface area (Å²) in [5.41, 5.74) is 0.600. The molecule has 2 bridgehead atoms. The second-order valence-corrected chi connectivity index (χ2v) is 15.3. The van der Waals surface area contributed by atoms with E-state index in [1.165, 1.54) is 18.6 Å². The van der Waals surface area contributed by atoms with Gasteiger partial charge < -0.3 is 29.9 Å². The maximum Gasteiger partial charge on any atom is 0.319 e. The standard InChI is InChI=1S/C37H40F2N6O4/c1-2-22-25(38)5-3-18-9-21(47)11-24(29(18)22)32-31(39)33-30-34(45-13-20-4-6-26(40-20)28(45)15-48-35(30)41-32)43-36(42-33)49-17-37(7-8-37)16-44-12-19-10-23(19)27(44)14-46/h3,5,9,11,19-20,23,26-28,40,46-47H,2,4,6-8,10,12-17H2,1H3/t19-,20+,23-,26-,27+,28+/m0/s1. The molecule has 10 nitrogen and oxygen atoms in total. The number of phenols is 1. The van der Waals surface area contributed by atoms with Crippen LogP contribution < -0.4 is 19.7 Å². The molecule has 2 saturated carbocycles. The van der Waals surface area contributed by atoms with Crippen molar-refractivity contribution in [3.05, 3.63) is 41.5 Å². The summed E-state index contributed by atoms with van der Waals surface area (Å²) in [5, 5.41) is 26.0. The van der Waals surface area contributed by atoms with Crippen LogP contribution in [0.25, 0.3) is 32.9 Å². The number of aromatic hydroxyl groups is 1. The number of piperidine rings is 1. The average molecular weight is 671 g/mol. The molecule has 3 saturated heterocycles. The SMILES string of the molecule is CCc1c(F)ccc2cc(O)cc(-c3nc4c5c(nc(OCC6(CN7C[C@@H]8C[C@@H]8[C@H]7CO)CC6)nc5c3F)N3C[C@H]5CC[C@H](N5)[C@H]3CO4)c12. The number of halogens is 2. The maximum atomic E-state index is 17.2. The number of rotatable bonds is 8. The summed E-state index contributed by atoms with van der Waals surface area (Å²) in [6.45, 7) is 5.33. The first-order valence-electron chi connectivity index (χ1n) is 17.8. The van der Waals surface area contributed by atoms with E-state index in [1.807, 2.05) is 6.92 Å². The molecule has 256 valence electrons. The van der Waals surface area contributed by atoms with Gasteiger partial charge in [-0.1, -0.05) is 13.0 Å². The van der Waals surface area contributed by atoms with Gasteiger partial charge in [0.05, 0.1) is 19.3 Å². The smallest absolute Gasteiger partial charge is 0.319 e. The fourth-order valence-corrected chi connectivity index (χ4v) is 9.46. The van der Waals surface area contributed by atoms with E-state index in [1.54, 1.807) is 12.1 Å². The van der Waals surface area contributed by atoms with Gasteiger partial charge in [0.1, 0.15) is 40.6 Å². The van der Waals surface area contributed by atoms with Crippen LogP contribution in [0.2, 0.25) is 0 Å². The largest absolute Gasteiger partial charge is 0.508 e. The van der Waals surface area contributed by atoms with Crippen molar-refractivity contribution in [2.24, 2.45) is 17.3 Å². The summed E-state index contributed by atoms with van der Waals surface area (Å²) in [6.07, 6.45) is 5.67. The third kappa shape index (κ3) is 4.70. The highest BCUT2D eigenvalue weighted by molar-refractivity contribution is 6.03. The predicted octanol–water partition coefficient (Wildman–Crippen LogP) is 4.56. The Bertz CT molecular complexity index is 2030. The topological polar surface area (TPSA) is 116 Å². The van der Waals surface area contributed by atoms with E-state index in [0.29, 0.717) is 65.6 Å². The summed E-state index contributed by atoms with van der Waals surface area (Å²) in [4.78, 5) is 19.1. The lowest BCUT2D eigenvalue weighted by Gasteiger charge is -2.40. The minimum Gasteiger partial charge on any atom is -0.508 e. The van der Waals surface area contributed by atoms with Crippen molar-refractivity contribution in [1.29, 1.82) is 0 Å². The molecular formula is C37H40F2N6O4. The van der Waals surface area contributed by atoms with Crippen LogP contribution >= 0.6 is 0 Å². The summed E-state index contributed by atoms with van der Waals surface area (Å²) >= 11 is 0. The van der Waals surface area contributed by atoms with E-state index >= 15 is 8.78 Å². The molecule has 49 heavy (non-hydrogen) atoms. The van der Waals surface area contributed by atoms with Crippen molar-refractivity contribution in [3.8, 4) is 28.9 Å². The lowest BCUT2D eigenvalue weighted by molar-refractivity contribution is 0.0966. The molecule has 10 rings (SSSR count). The van der Waals surface area contributed by atoms with E-state index in [9.17, 15) is 10.2 Å². The third-order valence-corrected chi connectivity index (χ3v) is 12.3. The van der Waals surface area contributed by atoms with E-state index in [0.717, 1.165) is 38.8 Å². The summed E-state index contributed by atoms with van der Waals surface area (Å²) in [5.74, 6) is 0.902.